The Balaban J connectivity index is 1.14. The fraction of sp³-hybridized carbons (Fsp3) is 0.542. The first-order valence-electron chi connectivity index (χ1n) is 11.5. The summed E-state index contributed by atoms with van der Waals surface area (Å²) in [5.41, 5.74) is 3.00. The standard InChI is InChI=1S/C24H31N5O/c30-24-21-20(9-13-26-24)23(28-22(27-21)19-6-7-19)25-12-8-17-10-14-29(15-11-17)16-18-4-2-1-3-5-18/h1-5,17,19H,6-16H2,(H,26,30)(H,25,27,28). The molecule has 6 nitrogen and oxygen atoms in total. The van der Waals surface area contributed by atoms with Crippen LogP contribution in [0.1, 0.15) is 65.5 Å². The third-order valence-electron chi connectivity index (χ3n) is 6.64. The highest BCUT2D eigenvalue weighted by Crippen LogP contribution is 2.39. The van der Waals surface area contributed by atoms with Crippen LogP contribution in [0.2, 0.25) is 0 Å². The minimum absolute atomic E-state index is 0.0469. The lowest BCUT2D eigenvalue weighted by atomic mass is 9.93. The second-order valence-corrected chi connectivity index (χ2v) is 8.96. The van der Waals surface area contributed by atoms with Gasteiger partial charge in [-0.3, -0.25) is 9.69 Å². The molecule has 158 valence electrons. The Hall–Kier alpha value is -2.47. The summed E-state index contributed by atoms with van der Waals surface area (Å²) >= 11 is 0. The summed E-state index contributed by atoms with van der Waals surface area (Å²) in [5.74, 6) is 2.91. The van der Waals surface area contributed by atoms with Gasteiger partial charge in [0, 0.05) is 31.1 Å². The number of hydrogen-bond acceptors (Lipinski definition) is 5. The maximum Gasteiger partial charge on any atom is 0.270 e. The molecule has 1 saturated heterocycles. The molecule has 6 heteroatoms. The van der Waals surface area contributed by atoms with Crippen molar-refractivity contribution in [3.05, 3.63) is 53.0 Å². The summed E-state index contributed by atoms with van der Waals surface area (Å²) < 4.78 is 0. The van der Waals surface area contributed by atoms with Crippen LogP contribution in [0.25, 0.3) is 0 Å². The van der Waals surface area contributed by atoms with Gasteiger partial charge in [-0.2, -0.15) is 0 Å². The number of nitrogens with one attached hydrogen (secondary N) is 2. The van der Waals surface area contributed by atoms with Crippen LogP contribution < -0.4 is 10.6 Å². The largest absolute Gasteiger partial charge is 0.370 e. The zero-order valence-corrected chi connectivity index (χ0v) is 17.6. The molecule has 2 aliphatic heterocycles. The van der Waals surface area contributed by atoms with Crippen LogP contribution in [0.4, 0.5) is 5.82 Å². The van der Waals surface area contributed by atoms with Crippen molar-refractivity contribution >= 4 is 11.7 Å². The van der Waals surface area contributed by atoms with Crippen LogP contribution in [-0.2, 0) is 13.0 Å². The number of aromatic nitrogens is 2. The number of rotatable bonds is 7. The molecule has 0 atom stereocenters. The zero-order chi connectivity index (χ0) is 20.3. The fourth-order valence-electron chi connectivity index (χ4n) is 4.65. The lowest BCUT2D eigenvalue weighted by Crippen LogP contribution is -2.35. The number of fused-ring (bicyclic) bond motifs is 1. The van der Waals surface area contributed by atoms with Gasteiger partial charge >= 0.3 is 0 Å². The zero-order valence-electron chi connectivity index (χ0n) is 17.6. The highest BCUT2D eigenvalue weighted by molar-refractivity contribution is 5.96. The van der Waals surface area contributed by atoms with Crippen LogP contribution >= 0.6 is 0 Å². The van der Waals surface area contributed by atoms with Gasteiger partial charge in [0.2, 0.25) is 0 Å². The van der Waals surface area contributed by atoms with E-state index in [0.29, 0.717) is 18.2 Å². The first-order chi connectivity index (χ1) is 14.8. The molecular weight excluding hydrogens is 374 g/mol. The van der Waals surface area contributed by atoms with Gasteiger partial charge < -0.3 is 10.6 Å². The summed E-state index contributed by atoms with van der Waals surface area (Å²) in [6.07, 6.45) is 6.76. The normalized spacial score (nSPS) is 19.9. The Morgan fingerprint density at radius 3 is 2.63 bits per heavy atom. The molecule has 0 spiro atoms. The van der Waals surface area contributed by atoms with Crippen molar-refractivity contribution in [3.63, 3.8) is 0 Å². The summed E-state index contributed by atoms with van der Waals surface area (Å²) in [5, 5.41) is 6.49. The Bertz CT molecular complexity index is 888. The molecule has 0 radical (unpaired) electrons. The smallest absolute Gasteiger partial charge is 0.270 e. The molecule has 1 amide bonds. The molecular formula is C24H31N5O. The van der Waals surface area contributed by atoms with Gasteiger partial charge in [0.05, 0.1) is 0 Å². The molecule has 1 aromatic heterocycles. The number of likely N-dealkylation sites (tertiary alicyclic amines) is 1. The lowest BCUT2D eigenvalue weighted by molar-refractivity contribution is 0.0940. The van der Waals surface area contributed by atoms with Gasteiger partial charge in [0.1, 0.15) is 17.3 Å². The van der Waals surface area contributed by atoms with Crippen LogP contribution in [-0.4, -0.2) is 47.0 Å². The predicted octanol–water partition coefficient (Wildman–Crippen LogP) is 3.35. The van der Waals surface area contributed by atoms with Crippen molar-refractivity contribution in [2.45, 2.75) is 51.0 Å². The number of benzene rings is 1. The molecule has 2 fully saturated rings. The molecule has 5 rings (SSSR count). The number of carbonyl (C=O) groups excluding carboxylic acids is 1. The van der Waals surface area contributed by atoms with E-state index >= 15 is 0 Å². The first-order valence-corrected chi connectivity index (χ1v) is 11.5. The van der Waals surface area contributed by atoms with Crippen LogP contribution in [0.5, 0.6) is 0 Å². The minimum Gasteiger partial charge on any atom is -0.370 e. The quantitative estimate of drug-likeness (QED) is 0.739. The van der Waals surface area contributed by atoms with E-state index in [2.05, 4.69) is 50.8 Å². The van der Waals surface area contributed by atoms with Crippen LogP contribution in [0.15, 0.2) is 30.3 Å². The van der Waals surface area contributed by atoms with Crippen molar-refractivity contribution in [1.29, 1.82) is 0 Å². The molecule has 3 heterocycles. The van der Waals surface area contributed by atoms with E-state index in [-0.39, 0.29) is 5.91 Å². The van der Waals surface area contributed by atoms with Gasteiger partial charge in [-0.25, -0.2) is 9.97 Å². The van der Waals surface area contributed by atoms with E-state index in [1.54, 1.807) is 0 Å². The van der Waals surface area contributed by atoms with Gasteiger partial charge in [-0.05, 0) is 63.1 Å². The topological polar surface area (TPSA) is 70.2 Å². The third-order valence-corrected chi connectivity index (χ3v) is 6.64. The van der Waals surface area contributed by atoms with Gasteiger partial charge in [-0.1, -0.05) is 30.3 Å². The summed E-state index contributed by atoms with van der Waals surface area (Å²) in [7, 11) is 0. The molecule has 1 saturated carbocycles. The summed E-state index contributed by atoms with van der Waals surface area (Å²) in [6, 6.07) is 10.8. The highest BCUT2D eigenvalue weighted by Gasteiger charge is 2.31. The molecule has 0 bridgehead atoms. The number of hydrogen-bond donors (Lipinski definition) is 2. The molecule has 1 aromatic carbocycles. The second-order valence-electron chi connectivity index (χ2n) is 8.96. The SMILES string of the molecule is O=C1NCCc2c(NCCC3CCN(Cc4ccccc4)CC3)nc(C3CC3)nc21. The monoisotopic (exact) mass is 405 g/mol. The number of amides is 1. The fourth-order valence-corrected chi connectivity index (χ4v) is 4.65. The molecule has 2 aromatic rings. The Morgan fingerprint density at radius 2 is 1.87 bits per heavy atom. The van der Waals surface area contributed by atoms with E-state index in [1.807, 2.05) is 0 Å². The summed E-state index contributed by atoms with van der Waals surface area (Å²) in [6.45, 7) is 5.00. The van der Waals surface area contributed by atoms with Crippen LogP contribution in [0.3, 0.4) is 0 Å². The Morgan fingerprint density at radius 1 is 1.07 bits per heavy atom. The average molecular weight is 406 g/mol. The van der Waals surface area contributed by atoms with E-state index < -0.39 is 0 Å². The van der Waals surface area contributed by atoms with Crippen molar-refractivity contribution < 1.29 is 4.79 Å². The lowest BCUT2D eigenvalue weighted by Gasteiger charge is -2.32. The van der Waals surface area contributed by atoms with Gasteiger partial charge in [0.25, 0.3) is 5.91 Å². The number of anilines is 1. The van der Waals surface area contributed by atoms with Crippen molar-refractivity contribution in [2.24, 2.45) is 5.92 Å². The molecule has 3 aliphatic rings. The minimum atomic E-state index is -0.0469. The average Bonchev–Trinajstić information content (AvgIpc) is 3.62. The summed E-state index contributed by atoms with van der Waals surface area (Å²) in [4.78, 5) is 24.3. The molecule has 0 unspecified atom stereocenters. The third kappa shape index (κ3) is 4.48. The van der Waals surface area contributed by atoms with E-state index in [1.165, 1.54) is 31.5 Å². The van der Waals surface area contributed by atoms with Crippen molar-refractivity contribution in [1.82, 2.24) is 20.2 Å². The van der Waals surface area contributed by atoms with E-state index in [0.717, 1.165) is 61.9 Å². The van der Waals surface area contributed by atoms with Crippen molar-refractivity contribution in [2.75, 3.05) is 31.5 Å². The van der Waals surface area contributed by atoms with Crippen molar-refractivity contribution in [3.8, 4) is 0 Å². The maximum atomic E-state index is 12.3. The number of nitrogens with zero attached hydrogens (tertiary/aromatic N) is 3. The Kier molecular flexibility index (Phi) is 5.67. The first kappa shape index (κ1) is 19.5. The molecule has 1 aliphatic carbocycles. The Labute approximate surface area is 178 Å². The predicted molar refractivity (Wildman–Crippen MR) is 118 cm³/mol. The highest BCUT2D eigenvalue weighted by atomic mass is 16.1. The van der Waals surface area contributed by atoms with E-state index in [9.17, 15) is 4.79 Å². The second kappa shape index (κ2) is 8.72. The molecule has 30 heavy (non-hydrogen) atoms. The number of carbonyl (C=O) groups is 1. The number of piperidine rings is 1. The van der Waals surface area contributed by atoms with Gasteiger partial charge in [-0.15, -0.1) is 0 Å². The van der Waals surface area contributed by atoms with Crippen LogP contribution in [0, 0.1) is 5.92 Å². The molecule has 2 N–H and O–H groups in total. The van der Waals surface area contributed by atoms with Gasteiger partial charge in [0.15, 0.2) is 0 Å². The van der Waals surface area contributed by atoms with E-state index in [4.69, 9.17) is 4.98 Å². The maximum absolute atomic E-state index is 12.3.